The van der Waals surface area contributed by atoms with E-state index in [1.54, 1.807) is 54.6 Å². The molecule has 0 aliphatic rings. The van der Waals surface area contributed by atoms with Gasteiger partial charge in [0.05, 0.1) is 20.0 Å². The number of rotatable bonds is 8. The number of anilines is 2. The minimum Gasteiger partial charge on any atom is -0.496 e. The summed E-state index contributed by atoms with van der Waals surface area (Å²) in [6.07, 6.45) is 0. The molecule has 160 valence electrons. The molecule has 0 aromatic heterocycles. The van der Waals surface area contributed by atoms with Gasteiger partial charge in [-0.1, -0.05) is 23.7 Å². The van der Waals surface area contributed by atoms with E-state index in [1.165, 1.54) is 26.0 Å². The monoisotopic (exact) mass is 456 g/mol. The lowest BCUT2D eigenvalue weighted by Crippen LogP contribution is -2.14. The van der Waals surface area contributed by atoms with Crippen LogP contribution in [0.2, 0.25) is 5.02 Å². The smallest absolute Gasteiger partial charge is 0.263 e. The van der Waals surface area contributed by atoms with Gasteiger partial charge in [-0.15, -0.1) is 11.8 Å². The van der Waals surface area contributed by atoms with Crippen LogP contribution in [0.15, 0.2) is 71.6 Å². The maximum Gasteiger partial charge on any atom is 0.263 e. The number of amides is 2. The van der Waals surface area contributed by atoms with Crippen molar-refractivity contribution in [1.82, 2.24) is 0 Å². The average molecular weight is 457 g/mol. The molecule has 0 bridgehead atoms. The zero-order chi connectivity index (χ0) is 22.2. The summed E-state index contributed by atoms with van der Waals surface area (Å²) in [6.45, 7) is 0. The third-order valence-corrected chi connectivity index (χ3v) is 5.49. The molecule has 0 aliphatic heterocycles. The van der Waals surface area contributed by atoms with Crippen LogP contribution in [0.1, 0.15) is 10.4 Å². The molecule has 2 amide bonds. The standard InChI is InChI=1S/C23H21ClN2O4S/c1-29-19-7-4-8-20(30-2)22(19)23(28)26-16-9-11-18(12-10-16)31-14-21(27)25-17-6-3-5-15(24)13-17/h3-13H,14H2,1-2H3,(H,25,27)(H,26,28). The molecule has 3 aromatic rings. The third kappa shape index (κ3) is 6.16. The van der Waals surface area contributed by atoms with Crippen molar-refractivity contribution in [2.45, 2.75) is 4.90 Å². The highest BCUT2D eigenvalue weighted by Gasteiger charge is 2.18. The number of thioether (sulfide) groups is 1. The number of benzene rings is 3. The second-order valence-electron chi connectivity index (χ2n) is 6.36. The Morgan fingerprint density at radius 3 is 2.13 bits per heavy atom. The number of hydrogen-bond donors (Lipinski definition) is 2. The summed E-state index contributed by atoms with van der Waals surface area (Å²) < 4.78 is 10.6. The Balaban J connectivity index is 1.58. The molecule has 0 saturated carbocycles. The molecule has 3 aromatic carbocycles. The van der Waals surface area contributed by atoms with Gasteiger partial charge in [-0.05, 0) is 54.6 Å². The van der Waals surface area contributed by atoms with E-state index in [2.05, 4.69) is 10.6 Å². The molecule has 6 nitrogen and oxygen atoms in total. The predicted octanol–water partition coefficient (Wildman–Crippen LogP) is 5.34. The molecule has 0 unspecified atom stereocenters. The molecule has 0 saturated heterocycles. The summed E-state index contributed by atoms with van der Waals surface area (Å²) in [5, 5.41) is 6.21. The predicted molar refractivity (Wildman–Crippen MR) is 125 cm³/mol. The van der Waals surface area contributed by atoms with Crippen molar-refractivity contribution < 1.29 is 19.1 Å². The molecule has 0 aliphatic carbocycles. The largest absolute Gasteiger partial charge is 0.496 e. The Morgan fingerprint density at radius 1 is 0.871 bits per heavy atom. The molecule has 0 spiro atoms. The number of ether oxygens (including phenoxy) is 2. The van der Waals surface area contributed by atoms with Crippen LogP contribution in [0.5, 0.6) is 11.5 Å². The van der Waals surface area contributed by atoms with Crippen molar-refractivity contribution in [1.29, 1.82) is 0 Å². The summed E-state index contributed by atoms with van der Waals surface area (Å²) in [7, 11) is 3.00. The maximum absolute atomic E-state index is 12.7. The Hall–Kier alpha value is -3.16. The second-order valence-corrected chi connectivity index (χ2v) is 7.85. The Bertz CT molecular complexity index is 1050. The fraction of sp³-hybridized carbons (Fsp3) is 0.130. The van der Waals surface area contributed by atoms with Crippen LogP contribution >= 0.6 is 23.4 Å². The van der Waals surface area contributed by atoms with E-state index in [1.807, 2.05) is 12.1 Å². The first kappa shape index (κ1) is 22.5. The molecule has 2 N–H and O–H groups in total. The van der Waals surface area contributed by atoms with E-state index in [0.717, 1.165) is 4.90 Å². The number of nitrogens with one attached hydrogen (secondary N) is 2. The van der Waals surface area contributed by atoms with Crippen molar-refractivity contribution in [3.05, 3.63) is 77.3 Å². The van der Waals surface area contributed by atoms with Gasteiger partial charge in [-0.2, -0.15) is 0 Å². The summed E-state index contributed by atoms with van der Waals surface area (Å²) in [6, 6.07) is 19.4. The minimum absolute atomic E-state index is 0.132. The summed E-state index contributed by atoms with van der Waals surface area (Å²) in [4.78, 5) is 25.8. The van der Waals surface area contributed by atoms with E-state index in [4.69, 9.17) is 21.1 Å². The van der Waals surface area contributed by atoms with E-state index < -0.39 is 0 Å². The number of hydrogen-bond acceptors (Lipinski definition) is 5. The van der Waals surface area contributed by atoms with Crippen molar-refractivity contribution in [2.75, 3.05) is 30.6 Å². The fourth-order valence-electron chi connectivity index (χ4n) is 2.82. The zero-order valence-electron chi connectivity index (χ0n) is 17.0. The molecule has 0 atom stereocenters. The Labute approximate surface area is 189 Å². The highest BCUT2D eigenvalue weighted by molar-refractivity contribution is 8.00. The highest BCUT2D eigenvalue weighted by atomic mass is 35.5. The summed E-state index contributed by atoms with van der Waals surface area (Å²) in [5.74, 6) is 0.629. The van der Waals surface area contributed by atoms with Gasteiger partial charge in [0, 0.05) is 21.3 Å². The normalized spacial score (nSPS) is 10.3. The third-order valence-electron chi connectivity index (χ3n) is 4.25. The van der Waals surface area contributed by atoms with Crippen LogP contribution in [0.3, 0.4) is 0 Å². The molecular weight excluding hydrogens is 436 g/mol. The van der Waals surface area contributed by atoms with Gasteiger partial charge < -0.3 is 20.1 Å². The van der Waals surface area contributed by atoms with Gasteiger partial charge in [0.15, 0.2) is 0 Å². The first-order valence-corrected chi connectivity index (χ1v) is 10.7. The van der Waals surface area contributed by atoms with E-state index in [-0.39, 0.29) is 17.6 Å². The number of halogens is 1. The summed E-state index contributed by atoms with van der Waals surface area (Å²) in [5.41, 5.74) is 1.59. The average Bonchev–Trinajstić information content (AvgIpc) is 2.78. The molecule has 8 heteroatoms. The van der Waals surface area contributed by atoms with E-state index in [0.29, 0.717) is 33.5 Å². The molecular formula is C23H21ClN2O4S. The topological polar surface area (TPSA) is 76.7 Å². The maximum atomic E-state index is 12.7. The fourth-order valence-corrected chi connectivity index (χ4v) is 3.70. The number of carbonyl (C=O) groups is 2. The molecule has 0 heterocycles. The van der Waals surface area contributed by atoms with Crippen LogP contribution in [-0.4, -0.2) is 31.8 Å². The molecule has 0 radical (unpaired) electrons. The minimum atomic E-state index is -0.337. The highest BCUT2D eigenvalue weighted by Crippen LogP contribution is 2.29. The van der Waals surface area contributed by atoms with Crippen LogP contribution in [-0.2, 0) is 4.79 Å². The number of methoxy groups -OCH3 is 2. The molecule has 31 heavy (non-hydrogen) atoms. The first-order chi connectivity index (χ1) is 15.0. The lowest BCUT2D eigenvalue weighted by molar-refractivity contribution is -0.113. The van der Waals surface area contributed by atoms with Gasteiger partial charge in [-0.25, -0.2) is 0 Å². The van der Waals surface area contributed by atoms with Crippen molar-refractivity contribution >= 4 is 46.6 Å². The van der Waals surface area contributed by atoms with Gasteiger partial charge in [0.2, 0.25) is 5.91 Å². The van der Waals surface area contributed by atoms with Crippen LogP contribution < -0.4 is 20.1 Å². The van der Waals surface area contributed by atoms with E-state index in [9.17, 15) is 9.59 Å². The zero-order valence-corrected chi connectivity index (χ0v) is 18.5. The van der Waals surface area contributed by atoms with Crippen molar-refractivity contribution in [2.24, 2.45) is 0 Å². The van der Waals surface area contributed by atoms with Crippen molar-refractivity contribution in [3.8, 4) is 11.5 Å². The Kier molecular flexibility index (Phi) is 7.81. The Morgan fingerprint density at radius 2 is 1.52 bits per heavy atom. The van der Waals surface area contributed by atoms with E-state index >= 15 is 0 Å². The lowest BCUT2D eigenvalue weighted by atomic mass is 10.1. The van der Waals surface area contributed by atoms with Crippen LogP contribution in [0, 0.1) is 0 Å². The van der Waals surface area contributed by atoms with Crippen LogP contribution in [0.4, 0.5) is 11.4 Å². The number of carbonyl (C=O) groups excluding carboxylic acids is 2. The van der Waals surface area contributed by atoms with Gasteiger partial charge in [0.1, 0.15) is 17.1 Å². The molecule has 3 rings (SSSR count). The first-order valence-electron chi connectivity index (χ1n) is 9.31. The molecule has 0 fully saturated rings. The van der Waals surface area contributed by atoms with Gasteiger partial charge >= 0.3 is 0 Å². The SMILES string of the molecule is COc1cccc(OC)c1C(=O)Nc1ccc(SCC(=O)Nc2cccc(Cl)c2)cc1. The van der Waals surface area contributed by atoms with Crippen molar-refractivity contribution in [3.63, 3.8) is 0 Å². The van der Waals surface area contributed by atoms with Gasteiger partial charge in [0.25, 0.3) is 5.91 Å². The second kappa shape index (κ2) is 10.7. The quantitative estimate of drug-likeness (QED) is 0.447. The lowest BCUT2D eigenvalue weighted by Gasteiger charge is -2.13. The van der Waals surface area contributed by atoms with Gasteiger partial charge in [-0.3, -0.25) is 9.59 Å². The summed E-state index contributed by atoms with van der Waals surface area (Å²) >= 11 is 7.31. The van der Waals surface area contributed by atoms with Crippen LogP contribution in [0.25, 0.3) is 0 Å².